The molecule has 1 heterocycles. The Morgan fingerprint density at radius 1 is 1.32 bits per heavy atom. The van der Waals surface area contributed by atoms with Crippen molar-refractivity contribution >= 4 is 22.0 Å². The minimum atomic E-state index is -0.443. The molecule has 0 N–H and O–H groups in total. The highest BCUT2D eigenvalue weighted by atomic mass is 79.9. The van der Waals surface area contributed by atoms with Crippen LogP contribution in [0.15, 0.2) is 46.5 Å². The molecule has 0 bridgehead atoms. The van der Waals surface area contributed by atoms with E-state index >= 15 is 0 Å². The zero-order chi connectivity index (χ0) is 16.8. The van der Waals surface area contributed by atoms with Crippen molar-refractivity contribution in [2.75, 3.05) is 13.1 Å². The monoisotopic (exact) mass is 367 g/mol. The van der Waals surface area contributed by atoms with Gasteiger partial charge in [-0.3, -0.25) is 0 Å². The molecule has 0 aliphatic carbocycles. The van der Waals surface area contributed by atoms with Crippen molar-refractivity contribution in [1.29, 1.82) is 0 Å². The number of rotatable bonds is 3. The van der Waals surface area contributed by atoms with Crippen LogP contribution in [-0.2, 0) is 4.74 Å². The molecule has 22 heavy (non-hydrogen) atoms. The van der Waals surface area contributed by atoms with Gasteiger partial charge in [-0.15, -0.1) is 0 Å². The molecule has 1 amide bonds. The highest BCUT2D eigenvalue weighted by molar-refractivity contribution is 9.12. The number of allylic oxidation sites excluding steroid dienone is 6. The molecule has 4 heteroatoms. The summed E-state index contributed by atoms with van der Waals surface area (Å²) in [7, 11) is 0. The molecule has 3 nitrogen and oxygen atoms in total. The molecule has 122 valence electrons. The summed E-state index contributed by atoms with van der Waals surface area (Å²) in [5, 5.41) is 0. The van der Waals surface area contributed by atoms with Crippen molar-refractivity contribution in [3.05, 3.63) is 46.5 Å². The van der Waals surface area contributed by atoms with E-state index in [2.05, 4.69) is 28.6 Å². The first-order chi connectivity index (χ1) is 10.3. The predicted molar refractivity (Wildman–Crippen MR) is 96.1 cm³/mol. The number of hydrogen-bond acceptors (Lipinski definition) is 2. The molecule has 1 aliphatic heterocycles. The minimum Gasteiger partial charge on any atom is -0.444 e. The Morgan fingerprint density at radius 3 is 2.36 bits per heavy atom. The topological polar surface area (TPSA) is 29.5 Å². The fraction of sp³-hybridized carbons (Fsp3) is 0.500. The molecule has 0 saturated carbocycles. The van der Waals surface area contributed by atoms with Gasteiger partial charge >= 0.3 is 6.09 Å². The number of nitrogens with zero attached hydrogens (tertiary/aromatic N) is 1. The zero-order valence-corrected chi connectivity index (χ0v) is 15.6. The van der Waals surface area contributed by atoms with E-state index in [0.29, 0.717) is 13.1 Å². The number of carbonyl (C=O) groups excluding carboxylic acids is 1. The lowest BCUT2D eigenvalue weighted by Crippen LogP contribution is -2.40. The molecule has 0 unspecified atom stereocenters. The molecule has 0 aromatic rings. The van der Waals surface area contributed by atoms with Crippen LogP contribution < -0.4 is 0 Å². The average Bonchev–Trinajstić information content (AvgIpc) is 2.46. The second-order valence-electron chi connectivity index (χ2n) is 6.22. The fourth-order valence-corrected chi connectivity index (χ4v) is 2.93. The third-order valence-corrected chi connectivity index (χ3v) is 4.32. The lowest BCUT2D eigenvalue weighted by atomic mass is 10.0. The van der Waals surface area contributed by atoms with E-state index in [-0.39, 0.29) is 6.09 Å². The summed E-state index contributed by atoms with van der Waals surface area (Å²) in [6, 6.07) is 0. The summed E-state index contributed by atoms with van der Waals surface area (Å²) in [6.07, 6.45) is 9.28. The zero-order valence-electron chi connectivity index (χ0n) is 14.0. The molecule has 1 aliphatic rings. The first kappa shape index (κ1) is 18.8. The maximum absolute atomic E-state index is 12.1. The van der Waals surface area contributed by atoms with Gasteiger partial charge in [0.25, 0.3) is 0 Å². The summed E-state index contributed by atoms with van der Waals surface area (Å²) in [4.78, 5) is 13.8. The smallest absolute Gasteiger partial charge is 0.410 e. The molecule has 1 saturated heterocycles. The van der Waals surface area contributed by atoms with Gasteiger partial charge in [0.1, 0.15) is 5.60 Å². The molecule has 0 aromatic heterocycles. The number of hydrogen-bond donors (Lipinski definition) is 0. The van der Waals surface area contributed by atoms with E-state index in [0.717, 1.165) is 22.9 Å². The number of ether oxygens (including phenoxy) is 1. The van der Waals surface area contributed by atoms with Crippen LogP contribution in [0, 0.1) is 0 Å². The Balaban J connectivity index is 2.71. The lowest BCUT2D eigenvalue weighted by molar-refractivity contribution is 0.0236. The Labute approximate surface area is 142 Å². The summed E-state index contributed by atoms with van der Waals surface area (Å²) < 4.78 is 6.54. The van der Waals surface area contributed by atoms with Crippen LogP contribution in [-0.4, -0.2) is 29.7 Å². The third kappa shape index (κ3) is 5.84. The molecule has 0 aromatic carbocycles. The normalized spacial score (nSPS) is 16.9. The van der Waals surface area contributed by atoms with E-state index in [1.165, 1.54) is 5.57 Å². The average molecular weight is 368 g/mol. The van der Waals surface area contributed by atoms with Crippen molar-refractivity contribution in [2.45, 2.75) is 46.1 Å². The van der Waals surface area contributed by atoms with Gasteiger partial charge in [0.15, 0.2) is 0 Å². The van der Waals surface area contributed by atoms with Gasteiger partial charge in [0.2, 0.25) is 0 Å². The first-order valence-electron chi connectivity index (χ1n) is 7.59. The van der Waals surface area contributed by atoms with E-state index in [1.807, 2.05) is 39.8 Å². The second kappa shape index (κ2) is 8.37. The maximum Gasteiger partial charge on any atom is 0.410 e. The minimum absolute atomic E-state index is 0.222. The molecular formula is C18H26BrNO2. The van der Waals surface area contributed by atoms with Crippen LogP contribution in [0.3, 0.4) is 0 Å². The molecule has 0 atom stereocenters. The largest absolute Gasteiger partial charge is 0.444 e. The van der Waals surface area contributed by atoms with Gasteiger partial charge in [-0.1, -0.05) is 52.4 Å². The van der Waals surface area contributed by atoms with Crippen LogP contribution >= 0.6 is 15.9 Å². The van der Waals surface area contributed by atoms with Gasteiger partial charge in [0, 0.05) is 17.6 Å². The van der Waals surface area contributed by atoms with Gasteiger partial charge in [-0.25, -0.2) is 4.79 Å². The number of carbonyl (C=O) groups is 1. The molecule has 1 fully saturated rings. The molecular weight excluding hydrogens is 342 g/mol. The van der Waals surface area contributed by atoms with Gasteiger partial charge < -0.3 is 9.64 Å². The van der Waals surface area contributed by atoms with E-state index in [1.54, 1.807) is 11.0 Å². The summed E-state index contributed by atoms with van der Waals surface area (Å²) >= 11 is 3.69. The number of amides is 1. The molecule has 0 radical (unpaired) electrons. The number of halogens is 1. The van der Waals surface area contributed by atoms with Crippen LogP contribution in [0.1, 0.15) is 40.5 Å². The van der Waals surface area contributed by atoms with Crippen molar-refractivity contribution in [3.8, 4) is 0 Å². The predicted octanol–water partition coefficient (Wildman–Crippen LogP) is 5.35. The summed E-state index contributed by atoms with van der Waals surface area (Å²) in [5.41, 5.74) is 2.03. The second-order valence-corrected chi connectivity index (χ2v) is 7.02. The van der Waals surface area contributed by atoms with Crippen molar-refractivity contribution in [1.82, 2.24) is 4.90 Å². The number of likely N-dealkylation sites (tertiary alicyclic amines) is 1. The quantitative estimate of drug-likeness (QED) is 0.628. The van der Waals surface area contributed by atoms with Crippen LogP contribution in [0.4, 0.5) is 4.79 Å². The highest BCUT2D eigenvalue weighted by Gasteiger charge is 2.25. The lowest BCUT2D eigenvalue weighted by Gasteiger charge is -2.31. The van der Waals surface area contributed by atoms with Crippen molar-refractivity contribution < 1.29 is 9.53 Å². The molecule has 1 rings (SSSR count). The Bertz CT molecular complexity index is 500. The standard InChI is InChI=1S/C18H26BrNO2/c1-6-8-9-14(7-2)16(19)15-10-12-20(13-11-15)17(21)22-18(3,4)5/h6-9H,1,10-13H2,2-5H3/b9-8-,14-7+. The highest BCUT2D eigenvalue weighted by Crippen LogP contribution is 2.30. The van der Waals surface area contributed by atoms with Crippen LogP contribution in [0.25, 0.3) is 0 Å². The number of piperidine rings is 1. The van der Waals surface area contributed by atoms with Crippen LogP contribution in [0.2, 0.25) is 0 Å². The summed E-state index contributed by atoms with van der Waals surface area (Å²) in [5.74, 6) is 0. The van der Waals surface area contributed by atoms with Gasteiger partial charge in [-0.2, -0.15) is 0 Å². The van der Waals surface area contributed by atoms with Crippen molar-refractivity contribution in [2.24, 2.45) is 0 Å². The Morgan fingerprint density at radius 2 is 1.91 bits per heavy atom. The Hall–Kier alpha value is -1.29. The summed E-state index contributed by atoms with van der Waals surface area (Å²) in [6.45, 7) is 12.8. The van der Waals surface area contributed by atoms with Gasteiger partial charge in [-0.05, 0) is 46.1 Å². The third-order valence-electron chi connectivity index (χ3n) is 3.31. The van der Waals surface area contributed by atoms with Crippen LogP contribution in [0.5, 0.6) is 0 Å². The first-order valence-corrected chi connectivity index (χ1v) is 8.39. The van der Waals surface area contributed by atoms with Crippen molar-refractivity contribution in [3.63, 3.8) is 0 Å². The maximum atomic E-state index is 12.1. The fourth-order valence-electron chi connectivity index (χ4n) is 2.18. The SMILES string of the molecule is C=C/C=C\C(=C/C)C(Br)=C1CCN(C(=O)OC(C)(C)C)CC1. The van der Waals surface area contributed by atoms with E-state index in [9.17, 15) is 4.79 Å². The molecule has 0 spiro atoms. The van der Waals surface area contributed by atoms with E-state index in [4.69, 9.17) is 4.74 Å². The Kier molecular flexibility index (Phi) is 7.14. The van der Waals surface area contributed by atoms with E-state index < -0.39 is 5.60 Å². The van der Waals surface area contributed by atoms with Gasteiger partial charge in [0.05, 0.1) is 0 Å².